The summed E-state index contributed by atoms with van der Waals surface area (Å²) in [5.41, 5.74) is 7.98. The summed E-state index contributed by atoms with van der Waals surface area (Å²) >= 11 is 0. The van der Waals surface area contributed by atoms with Crippen LogP contribution in [0.4, 0.5) is 5.69 Å². The van der Waals surface area contributed by atoms with Crippen LogP contribution in [0.25, 0.3) is 0 Å². The fraction of sp³-hybridized carbons (Fsp3) is 0.647. The topological polar surface area (TPSA) is 29.3 Å². The predicted molar refractivity (Wildman–Crippen MR) is 83.2 cm³/mol. The number of hydrogen-bond donors (Lipinski definition) is 1. The van der Waals surface area contributed by atoms with Crippen LogP contribution in [0.3, 0.4) is 0 Å². The third-order valence-electron chi connectivity index (χ3n) is 4.44. The maximum Gasteiger partial charge on any atom is 0.0314 e. The van der Waals surface area contributed by atoms with E-state index in [4.69, 9.17) is 5.73 Å². The molecule has 2 heteroatoms. The fourth-order valence-electron chi connectivity index (χ4n) is 3.05. The average molecular weight is 260 g/mol. The van der Waals surface area contributed by atoms with E-state index >= 15 is 0 Å². The zero-order chi connectivity index (χ0) is 13.5. The second-order valence-corrected chi connectivity index (χ2v) is 5.89. The second-order valence-electron chi connectivity index (χ2n) is 5.89. The minimum absolute atomic E-state index is 0.863. The van der Waals surface area contributed by atoms with Gasteiger partial charge < -0.3 is 10.6 Å². The molecule has 1 unspecified atom stereocenters. The van der Waals surface area contributed by atoms with E-state index in [0.29, 0.717) is 0 Å². The molecule has 2 nitrogen and oxygen atoms in total. The Morgan fingerprint density at radius 3 is 2.68 bits per heavy atom. The summed E-state index contributed by atoms with van der Waals surface area (Å²) in [4.78, 5) is 2.66. The number of anilines is 1. The van der Waals surface area contributed by atoms with E-state index in [0.717, 1.165) is 11.6 Å². The Kier molecular flexibility index (Phi) is 5.71. The van der Waals surface area contributed by atoms with Gasteiger partial charge in [0.2, 0.25) is 0 Å². The lowest BCUT2D eigenvalue weighted by molar-refractivity contribution is 0.277. The molecule has 1 aliphatic rings. The summed E-state index contributed by atoms with van der Waals surface area (Å²) < 4.78 is 0. The number of hydrogen-bond acceptors (Lipinski definition) is 2. The van der Waals surface area contributed by atoms with Crippen molar-refractivity contribution in [2.24, 2.45) is 5.92 Å². The van der Waals surface area contributed by atoms with E-state index in [9.17, 15) is 0 Å². The molecule has 1 atom stereocenters. The van der Waals surface area contributed by atoms with E-state index in [2.05, 4.69) is 24.0 Å². The van der Waals surface area contributed by atoms with Gasteiger partial charge in [-0.25, -0.2) is 0 Å². The van der Waals surface area contributed by atoms with Gasteiger partial charge in [-0.2, -0.15) is 0 Å². The Labute approximate surface area is 118 Å². The summed E-state index contributed by atoms with van der Waals surface area (Å²) in [6, 6.07) is 8.33. The first-order valence-corrected chi connectivity index (χ1v) is 7.84. The molecule has 0 radical (unpaired) electrons. The lowest BCUT2D eigenvalue weighted by Crippen LogP contribution is -2.26. The zero-order valence-electron chi connectivity index (χ0n) is 12.3. The molecule has 1 aliphatic heterocycles. The molecule has 0 saturated carbocycles. The van der Waals surface area contributed by atoms with Crippen LogP contribution >= 0.6 is 0 Å². The van der Waals surface area contributed by atoms with E-state index in [1.165, 1.54) is 63.7 Å². The van der Waals surface area contributed by atoms with Crippen molar-refractivity contribution in [2.75, 3.05) is 25.4 Å². The maximum atomic E-state index is 5.71. The van der Waals surface area contributed by atoms with E-state index in [1.54, 1.807) is 0 Å². The van der Waals surface area contributed by atoms with Gasteiger partial charge in [-0.05, 0) is 75.4 Å². The lowest BCUT2D eigenvalue weighted by Gasteiger charge is -2.19. The van der Waals surface area contributed by atoms with Crippen molar-refractivity contribution in [1.29, 1.82) is 0 Å². The molecule has 1 fully saturated rings. The molecule has 1 heterocycles. The van der Waals surface area contributed by atoms with Crippen LogP contribution in [0.15, 0.2) is 24.3 Å². The first kappa shape index (κ1) is 14.4. The van der Waals surface area contributed by atoms with Crippen LogP contribution in [0.2, 0.25) is 0 Å². The highest BCUT2D eigenvalue weighted by Gasteiger charge is 2.14. The van der Waals surface area contributed by atoms with Crippen molar-refractivity contribution in [3.05, 3.63) is 29.8 Å². The van der Waals surface area contributed by atoms with Crippen LogP contribution in [0.1, 0.15) is 44.6 Å². The Balaban J connectivity index is 1.69. The number of nitrogens with two attached hydrogens (primary N) is 1. The van der Waals surface area contributed by atoms with Gasteiger partial charge in [-0.3, -0.25) is 0 Å². The Morgan fingerprint density at radius 2 is 1.95 bits per heavy atom. The summed E-state index contributed by atoms with van der Waals surface area (Å²) in [7, 11) is 0. The van der Waals surface area contributed by atoms with Crippen molar-refractivity contribution >= 4 is 5.69 Å². The molecule has 2 N–H and O–H groups in total. The number of likely N-dealkylation sites (tertiary alicyclic amines) is 1. The van der Waals surface area contributed by atoms with E-state index in [1.807, 2.05) is 12.1 Å². The number of aryl methyl sites for hydroxylation is 1. The third kappa shape index (κ3) is 4.87. The third-order valence-corrected chi connectivity index (χ3v) is 4.44. The van der Waals surface area contributed by atoms with Gasteiger partial charge in [0.1, 0.15) is 0 Å². The Hall–Kier alpha value is -1.02. The number of rotatable bonds is 5. The van der Waals surface area contributed by atoms with Crippen molar-refractivity contribution in [3.8, 4) is 0 Å². The highest BCUT2D eigenvalue weighted by Crippen LogP contribution is 2.20. The highest BCUT2D eigenvalue weighted by molar-refractivity contribution is 5.39. The van der Waals surface area contributed by atoms with Gasteiger partial charge >= 0.3 is 0 Å². The molecule has 1 aromatic carbocycles. The van der Waals surface area contributed by atoms with Gasteiger partial charge in [0, 0.05) is 5.69 Å². The molecule has 106 valence electrons. The monoisotopic (exact) mass is 260 g/mol. The van der Waals surface area contributed by atoms with Gasteiger partial charge in [0.15, 0.2) is 0 Å². The molecule has 19 heavy (non-hydrogen) atoms. The Bertz CT molecular complexity index is 358. The molecule has 1 saturated heterocycles. The van der Waals surface area contributed by atoms with Crippen molar-refractivity contribution in [3.63, 3.8) is 0 Å². The second kappa shape index (κ2) is 7.54. The van der Waals surface area contributed by atoms with Crippen LogP contribution in [-0.2, 0) is 6.42 Å². The summed E-state index contributed by atoms with van der Waals surface area (Å²) in [5, 5.41) is 0. The van der Waals surface area contributed by atoms with Crippen molar-refractivity contribution in [1.82, 2.24) is 4.90 Å². The van der Waals surface area contributed by atoms with E-state index in [-0.39, 0.29) is 0 Å². The highest BCUT2D eigenvalue weighted by atomic mass is 15.1. The van der Waals surface area contributed by atoms with Gasteiger partial charge in [0.05, 0.1) is 0 Å². The summed E-state index contributed by atoms with van der Waals surface area (Å²) in [6.45, 7) is 6.20. The molecular formula is C17H28N2. The number of nitrogens with zero attached hydrogens (tertiary/aromatic N) is 1. The van der Waals surface area contributed by atoms with Gasteiger partial charge in [-0.15, -0.1) is 0 Å². The fourth-order valence-corrected chi connectivity index (χ4v) is 3.05. The summed E-state index contributed by atoms with van der Waals surface area (Å²) in [5.74, 6) is 0.974. The molecule has 1 aromatic rings. The molecule has 0 aliphatic carbocycles. The standard InChI is InChI=1S/C17H28N2/c1-2-15-5-3-12-19(14-11-15)13-4-6-16-7-9-17(18)10-8-16/h7-10,15H,2-6,11-14,18H2,1H3. The smallest absolute Gasteiger partial charge is 0.0314 e. The number of nitrogen functional groups attached to an aromatic ring is 1. The van der Waals surface area contributed by atoms with Crippen LogP contribution in [0.5, 0.6) is 0 Å². The van der Waals surface area contributed by atoms with Gasteiger partial charge in [-0.1, -0.05) is 25.5 Å². The van der Waals surface area contributed by atoms with Crippen LogP contribution in [0, 0.1) is 5.92 Å². The lowest BCUT2D eigenvalue weighted by atomic mass is 9.98. The normalized spacial score (nSPS) is 21.2. The first-order chi connectivity index (χ1) is 9.28. The minimum atomic E-state index is 0.863. The molecule has 0 amide bonds. The molecule has 0 spiro atoms. The summed E-state index contributed by atoms with van der Waals surface area (Å²) in [6.07, 6.45) is 8.03. The average Bonchev–Trinajstić information content (AvgIpc) is 2.66. The molecule has 0 bridgehead atoms. The Morgan fingerprint density at radius 1 is 1.16 bits per heavy atom. The van der Waals surface area contributed by atoms with Crippen molar-refractivity contribution < 1.29 is 0 Å². The van der Waals surface area contributed by atoms with E-state index < -0.39 is 0 Å². The van der Waals surface area contributed by atoms with Crippen LogP contribution in [-0.4, -0.2) is 24.5 Å². The predicted octanol–water partition coefficient (Wildman–Crippen LogP) is 3.71. The molecule has 2 rings (SSSR count). The zero-order valence-corrected chi connectivity index (χ0v) is 12.3. The molecular weight excluding hydrogens is 232 g/mol. The first-order valence-electron chi connectivity index (χ1n) is 7.84. The SMILES string of the molecule is CCC1CCCN(CCCc2ccc(N)cc2)CC1. The maximum absolute atomic E-state index is 5.71. The quantitative estimate of drug-likeness (QED) is 0.818. The number of benzene rings is 1. The minimum Gasteiger partial charge on any atom is -0.399 e. The van der Waals surface area contributed by atoms with Crippen molar-refractivity contribution in [2.45, 2.75) is 45.4 Å². The molecule has 0 aromatic heterocycles. The van der Waals surface area contributed by atoms with Crippen LogP contribution < -0.4 is 5.73 Å². The largest absolute Gasteiger partial charge is 0.399 e. The van der Waals surface area contributed by atoms with Gasteiger partial charge in [0.25, 0.3) is 0 Å².